The number of furan rings is 1. The van der Waals surface area contributed by atoms with Crippen molar-refractivity contribution in [3.8, 4) is 0 Å². The van der Waals surface area contributed by atoms with Gasteiger partial charge in [0.05, 0.1) is 5.38 Å². The van der Waals surface area contributed by atoms with Crippen molar-refractivity contribution >= 4 is 13.5 Å². The van der Waals surface area contributed by atoms with Crippen LogP contribution in [0.2, 0.25) is 18.1 Å². The molecular weight excluding hydrogens is 188 g/mol. The third-order valence-electron chi connectivity index (χ3n) is 3.56. The van der Waals surface area contributed by atoms with Gasteiger partial charge in [-0.05, 0) is 12.1 Å². The summed E-state index contributed by atoms with van der Waals surface area (Å²) < 4.78 is 5.93. The number of hydrogen-bond donors (Lipinski definition) is 0. The molecule has 0 saturated carbocycles. The van der Waals surface area contributed by atoms with Gasteiger partial charge in [-0.1, -0.05) is 45.8 Å². The fourth-order valence-corrected chi connectivity index (χ4v) is 5.46. The molecule has 0 fully saturated rings. The second-order valence-electron chi connectivity index (χ2n) is 3.96. The topological polar surface area (TPSA) is 13.1 Å². The summed E-state index contributed by atoms with van der Waals surface area (Å²) >= 11 is 0. The van der Waals surface area contributed by atoms with Crippen molar-refractivity contribution in [2.24, 2.45) is 0 Å². The zero-order valence-corrected chi connectivity index (χ0v) is 10.9. The summed E-state index contributed by atoms with van der Waals surface area (Å²) in [6.07, 6.45) is 1.02. The number of rotatable bonds is 5. The van der Waals surface area contributed by atoms with Crippen LogP contribution in [0.1, 0.15) is 33.5 Å². The molecule has 2 heteroatoms. The largest absolute Gasteiger partial charge is 0.471 e. The highest BCUT2D eigenvalue weighted by atomic mass is 28.3. The van der Waals surface area contributed by atoms with Gasteiger partial charge in [0.1, 0.15) is 13.8 Å². The molecule has 0 amide bonds. The van der Waals surface area contributed by atoms with Crippen LogP contribution in [0, 0.1) is 0 Å². The van der Waals surface area contributed by atoms with Crippen LogP contribution in [-0.4, -0.2) is 8.07 Å². The van der Waals surface area contributed by atoms with Crippen LogP contribution >= 0.6 is 0 Å². The Kier molecular flexibility index (Phi) is 3.99. The fourth-order valence-electron chi connectivity index (χ4n) is 2.13. The van der Waals surface area contributed by atoms with Crippen molar-refractivity contribution < 1.29 is 4.42 Å². The van der Waals surface area contributed by atoms with E-state index < -0.39 is 8.07 Å². The molecule has 1 rings (SSSR count). The standard InChI is InChI=1S/C12H22OSi/c1-5-11-9-10-12(13-11)14(6-2,7-3)8-4/h9-10H,5-8H2,1-4H3. The first kappa shape index (κ1) is 11.6. The van der Waals surface area contributed by atoms with Gasteiger partial charge in [-0.25, -0.2) is 0 Å². The van der Waals surface area contributed by atoms with E-state index in [1.165, 1.54) is 23.5 Å². The van der Waals surface area contributed by atoms with Crippen LogP contribution in [0.4, 0.5) is 0 Å². The quantitative estimate of drug-likeness (QED) is 0.677. The van der Waals surface area contributed by atoms with E-state index in [0.717, 1.165) is 12.2 Å². The molecule has 14 heavy (non-hydrogen) atoms. The average molecular weight is 210 g/mol. The SMILES string of the molecule is CCc1ccc([Si](CC)(CC)CC)o1. The van der Waals surface area contributed by atoms with Crippen molar-refractivity contribution in [3.63, 3.8) is 0 Å². The molecule has 80 valence electrons. The van der Waals surface area contributed by atoms with Gasteiger partial charge >= 0.3 is 0 Å². The van der Waals surface area contributed by atoms with Crippen molar-refractivity contribution in [1.29, 1.82) is 0 Å². The summed E-state index contributed by atoms with van der Waals surface area (Å²) in [7, 11) is -1.26. The lowest BCUT2D eigenvalue weighted by atomic mass is 10.4. The summed E-state index contributed by atoms with van der Waals surface area (Å²) in [5.74, 6) is 1.15. The Balaban J connectivity index is 2.98. The van der Waals surface area contributed by atoms with Gasteiger partial charge < -0.3 is 4.42 Å². The highest BCUT2D eigenvalue weighted by Crippen LogP contribution is 2.21. The lowest BCUT2D eigenvalue weighted by Gasteiger charge is -2.24. The molecule has 0 aliphatic rings. The molecule has 0 aliphatic carbocycles. The Bertz CT molecular complexity index is 265. The summed E-state index contributed by atoms with van der Waals surface area (Å²) in [4.78, 5) is 0. The molecule has 0 unspecified atom stereocenters. The second kappa shape index (κ2) is 4.83. The minimum atomic E-state index is -1.26. The zero-order chi connectivity index (χ0) is 10.6. The van der Waals surface area contributed by atoms with Crippen molar-refractivity contribution in [3.05, 3.63) is 17.9 Å². The first-order chi connectivity index (χ1) is 6.72. The van der Waals surface area contributed by atoms with Crippen LogP contribution < -0.4 is 5.38 Å². The third kappa shape index (κ3) is 1.95. The van der Waals surface area contributed by atoms with Crippen LogP contribution in [0.3, 0.4) is 0 Å². The number of aryl methyl sites for hydroxylation is 1. The van der Waals surface area contributed by atoms with Gasteiger partial charge in [-0.2, -0.15) is 0 Å². The first-order valence-corrected chi connectivity index (χ1v) is 8.43. The molecule has 0 spiro atoms. The molecule has 1 aromatic heterocycles. The summed E-state index contributed by atoms with van der Waals surface area (Å²) in [6.45, 7) is 9.09. The maximum Gasteiger partial charge on any atom is 0.131 e. The molecule has 0 aliphatic heterocycles. The summed E-state index contributed by atoms with van der Waals surface area (Å²) in [5.41, 5.74) is 0. The summed E-state index contributed by atoms with van der Waals surface area (Å²) in [6, 6.07) is 8.28. The molecule has 1 heterocycles. The van der Waals surface area contributed by atoms with Crippen LogP contribution in [-0.2, 0) is 6.42 Å². The Morgan fingerprint density at radius 1 is 1.00 bits per heavy atom. The molecule has 0 atom stereocenters. The Morgan fingerprint density at radius 2 is 1.57 bits per heavy atom. The van der Waals surface area contributed by atoms with E-state index in [1.807, 2.05) is 0 Å². The highest BCUT2D eigenvalue weighted by Gasteiger charge is 2.32. The first-order valence-electron chi connectivity index (χ1n) is 5.81. The number of hydrogen-bond acceptors (Lipinski definition) is 1. The van der Waals surface area contributed by atoms with Crippen molar-refractivity contribution in [2.45, 2.75) is 52.2 Å². The van der Waals surface area contributed by atoms with E-state index in [2.05, 4.69) is 39.8 Å². The minimum absolute atomic E-state index is 1.02. The summed E-state index contributed by atoms with van der Waals surface area (Å²) in [5, 5.41) is 1.32. The zero-order valence-electron chi connectivity index (χ0n) is 9.89. The second-order valence-corrected chi connectivity index (χ2v) is 9.14. The Morgan fingerprint density at radius 3 is 1.93 bits per heavy atom. The Hall–Kier alpha value is -0.503. The van der Waals surface area contributed by atoms with E-state index in [0.29, 0.717) is 0 Å². The Labute approximate surface area is 88.5 Å². The van der Waals surface area contributed by atoms with Gasteiger partial charge in [-0.15, -0.1) is 0 Å². The van der Waals surface area contributed by atoms with Gasteiger partial charge in [-0.3, -0.25) is 0 Å². The normalized spacial score (nSPS) is 12.0. The van der Waals surface area contributed by atoms with E-state index >= 15 is 0 Å². The van der Waals surface area contributed by atoms with E-state index in [1.54, 1.807) is 0 Å². The fraction of sp³-hybridized carbons (Fsp3) is 0.667. The predicted octanol–water partition coefficient (Wildman–Crippen LogP) is 3.56. The molecular formula is C12H22OSi. The van der Waals surface area contributed by atoms with Crippen LogP contribution in [0.5, 0.6) is 0 Å². The average Bonchev–Trinajstić information content (AvgIpc) is 2.71. The maximum atomic E-state index is 5.93. The highest BCUT2D eigenvalue weighted by molar-refractivity contribution is 6.90. The molecule has 0 saturated heterocycles. The molecule has 0 bridgehead atoms. The van der Waals surface area contributed by atoms with Crippen LogP contribution in [0.25, 0.3) is 0 Å². The maximum absolute atomic E-state index is 5.93. The smallest absolute Gasteiger partial charge is 0.131 e. The minimum Gasteiger partial charge on any atom is -0.471 e. The lowest BCUT2D eigenvalue weighted by Crippen LogP contribution is -2.44. The monoisotopic (exact) mass is 210 g/mol. The molecule has 0 N–H and O–H groups in total. The van der Waals surface area contributed by atoms with Gasteiger partial charge in [0.15, 0.2) is 0 Å². The molecule has 1 nitrogen and oxygen atoms in total. The third-order valence-corrected chi connectivity index (χ3v) is 8.94. The molecule has 1 aromatic rings. The molecule has 0 aromatic carbocycles. The van der Waals surface area contributed by atoms with Gasteiger partial charge in [0.2, 0.25) is 0 Å². The lowest BCUT2D eigenvalue weighted by molar-refractivity contribution is 0.540. The van der Waals surface area contributed by atoms with E-state index in [9.17, 15) is 0 Å². The van der Waals surface area contributed by atoms with E-state index in [-0.39, 0.29) is 0 Å². The van der Waals surface area contributed by atoms with Gasteiger partial charge in [0.25, 0.3) is 0 Å². The molecule has 0 radical (unpaired) electrons. The predicted molar refractivity (Wildman–Crippen MR) is 64.9 cm³/mol. The van der Waals surface area contributed by atoms with Crippen molar-refractivity contribution in [1.82, 2.24) is 0 Å². The van der Waals surface area contributed by atoms with E-state index in [4.69, 9.17) is 4.42 Å². The van der Waals surface area contributed by atoms with Crippen LogP contribution in [0.15, 0.2) is 16.5 Å². The van der Waals surface area contributed by atoms with Crippen molar-refractivity contribution in [2.75, 3.05) is 0 Å². The van der Waals surface area contributed by atoms with Gasteiger partial charge in [0, 0.05) is 6.42 Å².